The Labute approximate surface area is 158 Å². The molecule has 2 aliphatic rings. The standard InChI is InChI=1S/C18H27N5O4/c1-22-8-9-23(18(22)27)7-6-20-16(25)12-2-3-15(24)14(10-12)21-17(26)13-4-5-19-11-13/h4-5,11-12,14-15,19,24H,2-3,6-10H2,1H3,(H,20,25)(H,21,26)/t12-,14+,15+/m0/s1. The molecule has 1 aromatic heterocycles. The summed E-state index contributed by atoms with van der Waals surface area (Å²) in [5.74, 6) is -0.623. The first-order valence-electron chi connectivity index (χ1n) is 9.35. The van der Waals surface area contributed by atoms with E-state index in [4.69, 9.17) is 0 Å². The van der Waals surface area contributed by atoms with Gasteiger partial charge in [-0.3, -0.25) is 9.59 Å². The number of amides is 4. The highest BCUT2D eigenvalue weighted by Gasteiger charge is 2.34. The second-order valence-electron chi connectivity index (χ2n) is 7.24. The number of hydrogen-bond acceptors (Lipinski definition) is 4. The van der Waals surface area contributed by atoms with Crippen molar-refractivity contribution in [2.75, 3.05) is 33.2 Å². The summed E-state index contributed by atoms with van der Waals surface area (Å²) < 4.78 is 0. The van der Waals surface area contributed by atoms with Crippen molar-refractivity contribution in [1.82, 2.24) is 25.4 Å². The number of urea groups is 1. The molecule has 0 unspecified atom stereocenters. The van der Waals surface area contributed by atoms with Gasteiger partial charge in [0.2, 0.25) is 5.91 Å². The van der Waals surface area contributed by atoms with Gasteiger partial charge in [-0.25, -0.2) is 4.79 Å². The van der Waals surface area contributed by atoms with Crippen molar-refractivity contribution in [3.05, 3.63) is 24.0 Å². The number of carbonyl (C=O) groups excluding carboxylic acids is 3. The number of nitrogens with one attached hydrogen (secondary N) is 3. The van der Waals surface area contributed by atoms with Crippen molar-refractivity contribution < 1.29 is 19.5 Å². The fourth-order valence-electron chi connectivity index (χ4n) is 3.63. The van der Waals surface area contributed by atoms with Gasteiger partial charge < -0.3 is 30.5 Å². The van der Waals surface area contributed by atoms with Gasteiger partial charge in [-0.15, -0.1) is 0 Å². The molecule has 4 N–H and O–H groups in total. The summed E-state index contributed by atoms with van der Waals surface area (Å²) in [5, 5.41) is 15.9. The third-order valence-corrected chi connectivity index (χ3v) is 5.34. The van der Waals surface area contributed by atoms with Gasteiger partial charge in [0.1, 0.15) is 0 Å². The minimum atomic E-state index is -0.658. The Morgan fingerprint density at radius 1 is 1.33 bits per heavy atom. The average Bonchev–Trinajstić information content (AvgIpc) is 3.29. The largest absolute Gasteiger partial charge is 0.391 e. The number of nitrogens with zero attached hydrogens (tertiary/aromatic N) is 2. The van der Waals surface area contributed by atoms with Crippen molar-refractivity contribution in [2.24, 2.45) is 5.92 Å². The van der Waals surface area contributed by atoms with E-state index in [-0.39, 0.29) is 23.8 Å². The maximum atomic E-state index is 12.5. The third kappa shape index (κ3) is 4.60. The van der Waals surface area contributed by atoms with E-state index in [9.17, 15) is 19.5 Å². The van der Waals surface area contributed by atoms with Crippen LogP contribution < -0.4 is 10.6 Å². The van der Waals surface area contributed by atoms with Gasteiger partial charge in [-0.2, -0.15) is 0 Å². The first-order chi connectivity index (χ1) is 13.0. The van der Waals surface area contributed by atoms with E-state index in [1.807, 2.05) is 0 Å². The van der Waals surface area contributed by atoms with E-state index in [1.54, 1.807) is 35.3 Å². The molecule has 1 saturated heterocycles. The lowest BCUT2D eigenvalue weighted by atomic mass is 9.83. The molecule has 0 bridgehead atoms. The Kier molecular flexibility index (Phi) is 6.00. The van der Waals surface area contributed by atoms with Gasteiger partial charge in [-0.1, -0.05) is 0 Å². The highest BCUT2D eigenvalue weighted by atomic mass is 16.3. The number of aromatic nitrogens is 1. The molecule has 1 aromatic rings. The molecular weight excluding hydrogens is 350 g/mol. The Bertz CT molecular complexity index is 677. The van der Waals surface area contributed by atoms with Crippen molar-refractivity contribution in [2.45, 2.75) is 31.4 Å². The maximum Gasteiger partial charge on any atom is 0.319 e. The van der Waals surface area contributed by atoms with Crippen molar-refractivity contribution in [3.8, 4) is 0 Å². The lowest BCUT2D eigenvalue weighted by molar-refractivity contribution is -0.127. The number of aromatic amines is 1. The van der Waals surface area contributed by atoms with Crippen molar-refractivity contribution in [3.63, 3.8) is 0 Å². The Hall–Kier alpha value is -2.55. The van der Waals surface area contributed by atoms with Crippen LogP contribution in [0.25, 0.3) is 0 Å². The highest BCUT2D eigenvalue weighted by Crippen LogP contribution is 2.25. The van der Waals surface area contributed by atoms with Gasteiger partial charge >= 0.3 is 6.03 Å². The van der Waals surface area contributed by atoms with Crippen LogP contribution >= 0.6 is 0 Å². The molecule has 3 atom stereocenters. The molecule has 148 valence electrons. The zero-order valence-electron chi connectivity index (χ0n) is 15.5. The van der Waals surface area contributed by atoms with Crippen LogP contribution in [0.5, 0.6) is 0 Å². The molecule has 2 fully saturated rings. The lowest BCUT2D eigenvalue weighted by Crippen LogP contribution is -2.50. The van der Waals surface area contributed by atoms with Crippen molar-refractivity contribution >= 4 is 17.8 Å². The summed E-state index contributed by atoms with van der Waals surface area (Å²) in [4.78, 5) is 42.7. The van der Waals surface area contributed by atoms with Crippen LogP contribution in [-0.4, -0.2) is 83.1 Å². The number of rotatable bonds is 6. The molecular formula is C18H27N5O4. The van der Waals surface area contributed by atoms with Gasteiger partial charge in [0, 0.05) is 51.5 Å². The number of H-pyrrole nitrogens is 1. The monoisotopic (exact) mass is 377 g/mol. The molecule has 0 spiro atoms. The van der Waals surface area contributed by atoms with E-state index in [0.29, 0.717) is 51.0 Å². The quantitative estimate of drug-likeness (QED) is 0.547. The van der Waals surface area contributed by atoms with Crippen LogP contribution in [0.2, 0.25) is 0 Å². The SMILES string of the molecule is CN1CCN(CCNC(=O)[C@H]2CC[C@@H](O)[C@H](NC(=O)c3cc[nH]c3)C2)C1=O. The van der Waals surface area contributed by atoms with Crippen LogP contribution in [0, 0.1) is 5.92 Å². The molecule has 3 rings (SSSR count). The molecule has 9 heteroatoms. The van der Waals surface area contributed by atoms with Crippen LogP contribution in [0.1, 0.15) is 29.6 Å². The Morgan fingerprint density at radius 2 is 2.15 bits per heavy atom. The molecule has 2 heterocycles. The van der Waals surface area contributed by atoms with Crippen LogP contribution in [-0.2, 0) is 4.79 Å². The second-order valence-corrected chi connectivity index (χ2v) is 7.24. The van der Waals surface area contributed by atoms with E-state index in [1.165, 1.54) is 0 Å². The van der Waals surface area contributed by atoms with E-state index in [0.717, 1.165) is 0 Å². The summed E-state index contributed by atoms with van der Waals surface area (Å²) >= 11 is 0. The van der Waals surface area contributed by atoms with Crippen LogP contribution in [0.4, 0.5) is 4.79 Å². The van der Waals surface area contributed by atoms with E-state index in [2.05, 4.69) is 15.6 Å². The minimum absolute atomic E-state index is 0.0161. The summed E-state index contributed by atoms with van der Waals surface area (Å²) in [7, 11) is 1.76. The first-order valence-corrected chi connectivity index (χ1v) is 9.35. The smallest absolute Gasteiger partial charge is 0.319 e. The minimum Gasteiger partial charge on any atom is -0.391 e. The van der Waals surface area contributed by atoms with E-state index < -0.39 is 12.1 Å². The summed E-state index contributed by atoms with van der Waals surface area (Å²) in [6.07, 6.45) is 4.03. The van der Waals surface area contributed by atoms with E-state index >= 15 is 0 Å². The average molecular weight is 377 g/mol. The lowest BCUT2D eigenvalue weighted by Gasteiger charge is -2.33. The third-order valence-electron chi connectivity index (χ3n) is 5.34. The topological polar surface area (TPSA) is 118 Å². The number of hydrogen-bond donors (Lipinski definition) is 4. The van der Waals surface area contributed by atoms with Crippen LogP contribution in [0.3, 0.4) is 0 Å². The fourth-order valence-corrected chi connectivity index (χ4v) is 3.63. The molecule has 0 radical (unpaired) electrons. The van der Waals surface area contributed by atoms with Gasteiger partial charge in [-0.05, 0) is 25.3 Å². The number of aliphatic hydroxyl groups is 1. The molecule has 4 amide bonds. The zero-order chi connectivity index (χ0) is 19.4. The highest BCUT2D eigenvalue weighted by molar-refractivity contribution is 5.94. The van der Waals surface area contributed by atoms with Crippen molar-refractivity contribution in [1.29, 1.82) is 0 Å². The molecule has 9 nitrogen and oxygen atoms in total. The number of likely N-dealkylation sites (N-methyl/N-ethyl adjacent to an activating group) is 1. The van der Waals surface area contributed by atoms with Gasteiger partial charge in [0.05, 0.1) is 17.7 Å². The summed E-state index contributed by atoms with van der Waals surface area (Å²) in [6.45, 7) is 2.26. The Morgan fingerprint density at radius 3 is 2.81 bits per heavy atom. The second kappa shape index (κ2) is 8.43. The predicted octanol–water partition coefficient (Wildman–Crippen LogP) is -0.242. The predicted molar refractivity (Wildman–Crippen MR) is 98.0 cm³/mol. The molecule has 1 aliphatic heterocycles. The zero-order valence-corrected chi connectivity index (χ0v) is 15.5. The van der Waals surface area contributed by atoms with Gasteiger partial charge in [0.25, 0.3) is 5.91 Å². The number of aliphatic hydroxyl groups excluding tert-OH is 1. The molecule has 0 aromatic carbocycles. The van der Waals surface area contributed by atoms with Crippen LogP contribution in [0.15, 0.2) is 18.5 Å². The molecule has 1 saturated carbocycles. The summed E-state index contributed by atoms with van der Waals surface area (Å²) in [5.41, 5.74) is 0.494. The maximum absolute atomic E-state index is 12.5. The molecule has 1 aliphatic carbocycles. The normalized spacial score (nSPS) is 25.6. The fraction of sp³-hybridized carbons (Fsp3) is 0.611. The molecule has 27 heavy (non-hydrogen) atoms. The Balaban J connectivity index is 1.46. The van der Waals surface area contributed by atoms with Gasteiger partial charge in [0.15, 0.2) is 0 Å². The number of carbonyl (C=O) groups is 3. The summed E-state index contributed by atoms with van der Waals surface area (Å²) in [6, 6.07) is 1.19. The first kappa shape index (κ1) is 19.2.